The van der Waals surface area contributed by atoms with Gasteiger partial charge in [-0.15, -0.1) is 0 Å². The first-order chi connectivity index (χ1) is 6.02. The molecule has 0 radical (unpaired) electrons. The van der Waals surface area contributed by atoms with Gasteiger partial charge in [0.05, 0.1) is 12.7 Å². The van der Waals surface area contributed by atoms with Gasteiger partial charge in [0.2, 0.25) is 10.0 Å². The van der Waals surface area contributed by atoms with Crippen LogP contribution in [0, 0.1) is 0 Å². The molecule has 0 aliphatic heterocycles. The molecule has 8 heteroatoms. The van der Waals surface area contributed by atoms with Crippen molar-refractivity contribution in [2.75, 3.05) is 6.54 Å². The Morgan fingerprint density at radius 2 is 2.31 bits per heavy atom. The number of rotatable bonds is 4. The van der Waals surface area contributed by atoms with Crippen molar-refractivity contribution in [3.63, 3.8) is 0 Å². The summed E-state index contributed by atoms with van der Waals surface area (Å²) in [5.41, 5.74) is 0. The highest BCUT2D eigenvalue weighted by atomic mass is 32.2. The largest absolute Gasteiger partial charge is 0.284 e. The van der Waals surface area contributed by atoms with Gasteiger partial charge in [-0.3, -0.25) is 5.10 Å². The van der Waals surface area contributed by atoms with Crippen molar-refractivity contribution in [3.05, 3.63) is 12.4 Å². The first-order valence-corrected chi connectivity index (χ1v) is 4.77. The van der Waals surface area contributed by atoms with E-state index in [1.54, 1.807) is 4.72 Å². The van der Waals surface area contributed by atoms with Crippen molar-refractivity contribution in [1.29, 1.82) is 0 Å². The average Bonchev–Trinajstić information content (AvgIpc) is 2.53. The van der Waals surface area contributed by atoms with Crippen LogP contribution in [-0.4, -0.2) is 31.6 Å². The summed E-state index contributed by atoms with van der Waals surface area (Å²) in [6, 6.07) is 0. The fourth-order valence-corrected chi connectivity index (χ4v) is 1.55. The number of halogens is 2. The molecule has 0 bridgehead atoms. The minimum atomic E-state index is -3.84. The molecular weight excluding hydrogens is 204 g/mol. The fraction of sp³-hybridized carbons (Fsp3) is 0.400. The predicted molar refractivity (Wildman–Crippen MR) is 39.8 cm³/mol. The Balaban J connectivity index is 2.68. The Hall–Kier alpha value is -1.02. The standard InChI is InChI=1S/C5H7F2N3O2S/c6-5(7)3-10-13(11,12)4-1-8-9-2-4/h1-2,5,10H,3H2,(H,8,9). The van der Waals surface area contributed by atoms with Crippen LogP contribution in [0.5, 0.6) is 0 Å². The van der Waals surface area contributed by atoms with E-state index in [0.717, 1.165) is 12.4 Å². The molecule has 0 aliphatic rings. The van der Waals surface area contributed by atoms with E-state index >= 15 is 0 Å². The zero-order valence-electron chi connectivity index (χ0n) is 6.37. The molecule has 5 nitrogen and oxygen atoms in total. The van der Waals surface area contributed by atoms with Gasteiger partial charge < -0.3 is 0 Å². The second-order valence-electron chi connectivity index (χ2n) is 2.18. The van der Waals surface area contributed by atoms with E-state index in [1.165, 1.54) is 0 Å². The van der Waals surface area contributed by atoms with Crippen LogP contribution in [0.3, 0.4) is 0 Å². The zero-order valence-corrected chi connectivity index (χ0v) is 7.18. The monoisotopic (exact) mass is 211 g/mol. The molecule has 0 aliphatic carbocycles. The Morgan fingerprint density at radius 3 is 2.77 bits per heavy atom. The van der Waals surface area contributed by atoms with Gasteiger partial charge in [-0.05, 0) is 0 Å². The summed E-state index contributed by atoms with van der Waals surface area (Å²) in [5.74, 6) is 0. The molecule has 1 rings (SSSR count). The van der Waals surface area contributed by atoms with E-state index in [0.29, 0.717) is 0 Å². The number of hydrogen-bond donors (Lipinski definition) is 2. The highest BCUT2D eigenvalue weighted by Crippen LogP contribution is 2.04. The summed E-state index contributed by atoms with van der Waals surface area (Å²) in [7, 11) is -3.84. The maximum Gasteiger partial charge on any atom is 0.251 e. The summed E-state index contributed by atoms with van der Waals surface area (Å²) >= 11 is 0. The Morgan fingerprint density at radius 1 is 1.62 bits per heavy atom. The van der Waals surface area contributed by atoms with Crippen molar-refractivity contribution < 1.29 is 17.2 Å². The smallest absolute Gasteiger partial charge is 0.251 e. The normalized spacial score (nSPS) is 12.2. The van der Waals surface area contributed by atoms with E-state index in [1.807, 2.05) is 0 Å². The van der Waals surface area contributed by atoms with Crippen LogP contribution in [0.4, 0.5) is 8.78 Å². The molecule has 0 saturated carbocycles. The second-order valence-corrected chi connectivity index (χ2v) is 3.94. The van der Waals surface area contributed by atoms with Gasteiger partial charge in [0.25, 0.3) is 6.43 Å². The van der Waals surface area contributed by atoms with Gasteiger partial charge >= 0.3 is 0 Å². The molecule has 1 heterocycles. The minimum Gasteiger partial charge on any atom is -0.284 e. The highest BCUT2D eigenvalue weighted by molar-refractivity contribution is 7.89. The summed E-state index contributed by atoms with van der Waals surface area (Å²) in [6.45, 7) is -0.895. The van der Waals surface area contributed by atoms with Gasteiger partial charge in [-0.1, -0.05) is 0 Å². The topological polar surface area (TPSA) is 74.8 Å². The lowest BCUT2D eigenvalue weighted by Crippen LogP contribution is -2.28. The molecule has 0 amide bonds. The number of aromatic amines is 1. The van der Waals surface area contributed by atoms with E-state index < -0.39 is 23.0 Å². The van der Waals surface area contributed by atoms with Crippen LogP contribution < -0.4 is 4.72 Å². The number of nitrogens with zero attached hydrogens (tertiary/aromatic N) is 1. The van der Waals surface area contributed by atoms with Crippen LogP contribution in [0.25, 0.3) is 0 Å². The zero-order chi connectivity index (χ0) is 9.90. The number of H-pyrrole nitrogens is 1. The molecule has 0 spiro atoms. The summed E-state index contributed by atoms with van der Waals surface area (Å²) in [4.78, 5) is -0.159. The van der Waals surface area contributed by atoms with Crippen LogP contribution in [0.2, 0.25) is 0 Å². The third kappa shape index (κ3) is 2.74. The second kappa shape index (κ2) is 3.79. The van der Waals surface area contributed by atoms with Crippen LogP contribution >= 0.6 is 0 Å². The molecule has 0 fully saturated rings. The van der Waals surface area contributed by atoms with Crippen molar-refractivity contribution in [3.8, 4) is 0 Å². The third-order valence-electron chi connectivity index (χ3n) is 1.21. The van der Waals surface area contributed by atoms with Gasteiger partial charge in [-0.25, -0.2) is 21.9 Å². The number of nitrogens with one attached hydrogen (secondary N) is 2. The molecule has 1 aromatic rings. The highest BCUT2D eigenvalue weighted by Gasteiger charge is 2.16. The maximum atomic E-state index is 11.7. The fourth-order valence-electron chi connectivity index (χ4n) is 0.642. The molecular formula is C5H7F2N3O2S. The van der Waals surface area contributed by atoms with E-state index in [4.69, 9.17) is 0 Å². The molecule has 0 saturated heterocycles. The molecule has 1 aromatic heterocycles. The molecule has 0 unspecified atom stereocenters. The van der Waals surface area contributed by atoms with E-state index in [2.05, 4.69) is 10.2 Å². The summed E-state index contributed by atoms with van der Waals surface area (Å²) in [5, 5.41) is 5.65. The lowest BCUT2D eigenvalue weighted by molar-refractivity contribution is 0.153. The average molecular weight is 211 g/mol. The van der Waals surface area contributed by atoms with Crippen molar-refractivity contribution in [1.82, 2.24) is 14.9 Å². The number of hydrogen-bond acceptors (Lipinski definition) is 3. The quantitative estimate of drug-likeness (QED) is 0.733. The molecule has 2 N–H and O–H groups in total. The first kappa shape index (κ1) is 10.1. The van der Waals surface area contributed by atoms with E-state index in [9.17, 15) is 17.2 Å². The Labute approximate surface area is 73.2 Å². The van der Waals surface area contributed by atoms with Gasteiger partial charge in [0, 0.05) is 6.20 Å². The number of sulfonamides is 1. The first-order valence-electron chi connectivity index (χ1n) is 3.29. The summed E-state index contributed by atoms with van der Waals surface area (Å²) in [6.07, 6.45) is -0.566. The van der Waals surface area contributed by atoms with Crippen molar-refractivity contribution >= 4 is 10.0 Å². The van der Waals surface area contributed by atoms with Gasteiger partial charge in [0.1, 0.15) is 4.90 Å². The minimum absolute atomic E-state index is 0.159. The van der Waals surface area contributed by atoms with E-state index in [-0.39, 0.29) is 4.90 Å². The molecule has 74 valence electrons. The molecule has 13 heavy (non-hydrogen) atoms. The summed E-state index contributed by atoms with van der Waals surface area (Å²) < 4.78 is 47.2. The number of alkyl halides is 2. The maximum absolute atomic E-state index is 11.7. The number of aromatic nitrogens is 2. The van der Waals surface area contributed by atoms with Crippen LogP contribution in [0.1, 0.15) is 0 Å². The SMILES string of the molecule is O=S(=O)(NCC(F)F)c1cn[nH]c1. The molecule has 0 atom stereocenters. The van der Waals surface area contributed by atoms with Gasteiger partial charge in [-0.2, -0.15) is 5.10 Å². The molecule has 0 aromatic carbocycles. The third-order valence-corrected chi connectivity index (χ3v) is 2.60. The van der Waals surface area contributed by atoms with Crippen molar-refractivity contribution in [2.24, 2.45) is 0 Å². The Bertz CT molecular complexity index is 348. The van der Waals surface area contributed by atoms with Gasteiger partial charge in [0.15, 0.2) is 0 Å². The van der Waals surface area contributed by atoms with Crippen LogP contribution in [0.15, 0.2) is 17.3 Å². The predicted octanol–water partition coefficient (Wildman–Crippen LogP) is -0.0469. The van der Waals surface area contributed by atoms with Crippen LogP contribution in [-0.2, 0) is 10.0 Å². The lowest BCUT2D eigenvalue weighted by atomic mass is 10.7. The lowest BCUT2D eigenvalue weighted by Gasteiger charge is -2.02. The Kier molecular flexibility index (Phi) is 2.94. The van der Waals surface area contributed by atoms with Crippen molar-refractivity contribution in [2.45, 2.75) is 11.3 Å².